The number of fused-ring (bicyclic) bond motifs is 4. The highest BCUT2D eigenvalue weighted by atomic mass is 16.7. The van der Waals surface area contributed by atoms with E-state index in [2.05, 4.69) is 40.7 Å². The lowest BCUT2D eigenvalue weighted by atomic mass is 9.42. The normalized spacial score (nSPS) is 38.3. The number of carbonyl (C=O) groups is 1. The first kappa shape index (κ1) is 34.5. The molecule has 10 atom stereocenters. The number of benzene rings is 2. The number of aryl methyl sites for hydroxylation is 2. The molecule has 2 aromatic rings. The van der Waals surface area contributed by atoms with Crippen LogP contribution in [0.2, 0.25) is 0 Å². The average molecular weight is 653 g/mol. The van der Waals surface area contributed by atoms with Crippen molar-refractivity contribution in [2.45, 2.75) is 130 Å². The molecule has 8 heteroatoms. The quantitative estimate of drug-likeness (QED) is 0.286. The standard InChI is InChI=1S/C39H56O8/c1-8-38(6)17-14-27-25(20-38)11-13-30-37(4,5)15-9-16-39(27,30)36(43)47-34-29(21-40)46-35(32(42)31(34)41)45-28-12-10-24-18-22(2)23(3)19-26(24)33(28)44-7/h10,12,18-19,25,27,29-32,34-35,40-42H,8-9,11,13-17,20-21H2,1-7H3/t25?,27?,29?,30?,31?,32?,34?,35?,38-,39?/m0/s1. The van der Waals surface area contributed by atoms with Crippen LogP contribution in [0.3, 0.4) is 0 Å². The van der Waals surface area contributed by atoms with Crippen molar-refractivity contribution in [3.05, 3.63) is 35.4 Å². The molecule has 0 bridgehead atoms. The molecule has 0 spiro atoms. The summed E-state index contributed by atoms with van der Waals surface area (Å²) < 4.78 is 24.3. The van der Waals surface area contributed by atoms with Crippen LogP contribution in [0.1, 0.15) is 96.6 Å². The van der Waals surface area contributed by atoms with E-state index < -0.39 is 42.7 Å². The van der Waals surface area contributed by atoms with Gasteiger partial charge in [0.05, 0.1) is 19.1 Å². The van der Waals surface area contributed by atoms with Crippen LogP contribution < -0.4 is 9.47 Å². The van der Waals surface area contributed by atoms with Gasteiger partial charge in [0.1, 0.15) is 18.3 Å². The molecule has 1 saturated heterocycles. The summed E-state index contributed by atoms with van der Waals surface area (Å²) in [6.07, 6.45) is 2.56. The van der Waals surface area contributed by atoms with Crippen molar-refractivity contribution < 1.29 is 39.1 Å². The third-order valence-corrected chi connectivity index (χ3v) is 13.1. The molecular formula is C39H56O8. The summed E-state index contributed by atoms with van der Waals surface area (Å²) in [4.78, 5) is 14.7. The van der Waals surface area contributed by atoms with Gasteiger partial charge in [0.15, 0.2) is 17.6 Å². The lowest BCUT2D eigenvalue weighted by Gasteiger charge is -2.61. The van der Waals surface area contributed by atoms with E-state index in [1.54, 1.807) is 13.2 Å². The second-order valence-electron chi connectivity index (χ2n) is 16.2. The molecule has 47 heavy (non-hydrogen) atoms. The maximum Gasteiger partial charge on any atom is 0.313 e. The van der Waals surface area contributed by atoms with Crippen molar-refractivity contribution in [2.24, 2.45) is 34.0 Å². The number of methoxy groups -OCH3 is 1. The number of hydrogen-bond donors (Lipinski definition) is 3. The minimum Gasteiger partial charge on any atom is -0.492 e. The Bertz CT molecular complexity index is 1470. The van der Waals surface area contributed by atoms with Crippen molar-refractivity contribution >= 4 is 16.7 Å². The highest BCUT2D eigenvalue weighted by molar-refractivity contribution is 5.92. The molecule has 3 aliphatic carbocycles. The zero-order chi connectivity index (χ0) is 33.9. The van der Waals surface area contributed by atoms with Crippen LogP contribution in [0.5, 0.6) is 11.5 Å². The summed E-state index contributed by atoms with van der Waals surface area (Å²) in [5.74, 6) is 1.36. The second kappa shape index (κ2) is 12.8. The van der Waals surface area contributed by atoms with Crippen LogP contribution in [0.25, 0.3) is 10.8 Å². The summed E-state index contributed by atoms with van der Waals surface area (Å²) in [5, 5.41) is 35.1. The first-order chi connectivity index (χ1) is 22.3. The van der Waals surface area contributed by atoms with Gasteiger partial charge in [0.25, 0.3) is 0 Å². The van der Waals surface area contributed by atoms with E-state index in [9.17, 15) is 20.1 Å². The zero-order valence-corrected chi connectivity index (χ0v) is 29.4. The Morgan fingerprint density at radius 3 is 2.45 bits per heavy atom. The fourth-order valence-corrected chi connectivity index (χ4v) is 10.2. The summed E-state index contributed by atoms with van der Waals surface area (Å²) in [7, 11) is 1.56. The number of aliphatic hydroxyl groups is 3. The molecule has 0 aromatic heterocycles. The van der Waals surface area contributed by atoms with Gasteiger partial charge in [0.2, 0.25) is 6.29 Å². The topological polar surface area (TPSA) is 115 Å². The molecule has 3 saturated carbocycles. The molecule has 8 nitrogen and oxygen atoms in total. The number of aliphatic hydroxyl groups excluding tert-OH is 3. The lowest BCUT2D eigenvalue weighted by molar-refractivity contribution is -0.286. The number of rotatable bonds is 7. The van der Waals surface area contributed by atoms with Crippen LogP contribution >= 0.6 is 0 Å². The van der Waals surface area contributed by atoms with Gasteiger partial charge in [-0.25, -0.2) is 0 Å². The summed E-state index contributed by atoms with van der Waals surface area (Å²) in [6.45, 7) is 12.8. The first-order valence-electron chi connectivity index (χ1n) is 17.9. The van der Waals surface area contributed by atoms with Gasteiger partial charge in [-0.3, -0.25) is 4.79 Å². The molecule has 4 fully saturated rings. The van der Waals surface area contributed by atoms with Gasteiger partial charge in [-0.05, 0) is 116 Å². The predicted octanol–water partition coefficient (Wildman–Crippen LogP) is 6.63. The van der Waals surface area contributed by atoms with E-state index in [4.69, 9.17) is 18.9 Å². The third-order valence-electron chi connectivity index (χ3n) is 13.1. The summed E-state index contributed by atoms with van der Waals surface area (Å²) in [6, 6.07) is 7.76. The molecular weight excluding hydrogens is 596 g/mol. The van der Waals surface area contributed by atoms with E-state index >= 15 is 0 Å². The Balaban J connectivity index is 1.26. The lowest BCUT2D eigenvalue weighted by Crippen LogP contribution is -2.64. The smallest absolute Gasteiger partial charge is 0.313 e. The Hall–Kier alpha value is -2.39. The predicted molar refractivity (Wildman–Crippen MR) is 180 cm³/mol. The summed E-state index contributed by atoms with van der Waals surface area (Å²) in [5.41, 5.74) is 1.88. The Morgan fingerprint density at radius 2 is 1.74 bits per heavy atom. The van der Waals surface area contributed by atoms with Crippen LogP contribution in [-0.2, 0) is 14.3 Å². The van der Waals surface area contributed by atoms with Crippen molar-refractivity contribution in [1.82, 2.24) is 0 Å². The van der Waals surface area contributed by atoms with E-state index in [-0.39, 0.29) is 23.2 Å². The molecule has 1 heterocycles. The van der Waals surface area contributed by atoms with Gasteiger partial charge in [0, 0.05) is 5.39 Å². The monoisotopic (exact) mass is 652 g/mol. The number of ether oxygens (including phenoxy) is 4. The molecule has 2 aromatic carbocycles. The minimum absolute atomic E-state index is 0.0135. The molecule has 4 aliphatic rings. The van der Waals surface area contributed by atoms with Crippen molar-refractivity contribution in [1.29, 1.82) is 0 Å². The van der Waals surface area contributed by atoms with Gasteiger partial charge < -0.3 is 34.3 Å². The number of carbonyl (C=O) groups excluding carboxylic acids is 1. The number of hydrogen-bond acceptors (Lipinski definition) is 8. The minimum atomic E-state index is -1.54. The van der Waals surface area contributed by atoms with E-state index in [1.165, 1.54) is 0 Å². The maximum atomic E-state index is 14.7. The van der Waals surface area contributed by atoms with E-state index in [0.717, 1.165) is 79.7 Å². The molecule has 9 unspecified atom stereocenters. The van der Waals surface area contributed by atoms with Crippen LogP contribution in [-0.4, -0.2) is 65.7 Å². The summed E-state index contributed by atoms with van der Waals surface area (Å²) >= 11 is 0. The molecule has 0 radical (unpaired) electrons. The van der Waals surface area contributed by atoms with Gasteiger partial charge >= 0.3 is 5.97 Å². The average Bonchev–Trinajstić information content (AvgIpc) is 3.04. The Kier molecular flexibility index (Phi) is 9.40. The van der Waals surface area contributed by atoms with Crippen molar-refractivity contribution in [3.8, 4) is 11.5 Å². The fraction of sp³-hybridized carbons (Fsp3) is 0.718. The number of esters is 1. The largest absolute Gasteiger partial charge is 0.492 e. The van der Waals surface area contributed by atoms with Crippen molar-refractivity contribution in [2.75, 3.05) is 13.7 Å². The van der Waals surface area contributed by atoms with E-state index in [1.807, 2.05) is 19.1 Å². The molecule has 0 amide bonds. The first-order valence-corrected chi connectivity index (χ1v) is 17.9. The maximum absolute atomic E-state index is 14.7. The molecule has 6 rings (SSSR count). The van der Waals surface area contributed by atoms with Crippen molar-refractivity contribution in [3.63, 3.8) is 0 Å². The van der Waals surface area contributed by atoms with Gasteiger partial charge in [-0.1, -0.05) is 52.7 Å². The Morgan fingerprint density at radius 1 is 1.00 bits per heavy atom. The van der Waals surface area contributed by atoms with Crippen LogP contribution in [0, 0.1) is 47.8 Å². The zero-order valence-electron chi connectivity index (χ0n) is 29.4. The molecule has 1 aliphatic heterocycles. The molecule has 260 valence electrons. The third kappa shape index (κ3) is 5.85. The van der Waals surface area contributed by atoms with E-state index in [0.29, 0.717) is 22.8 Å². The van der Waals surface area contributed by atoms with Gasteiger partial charge in [-0.2, -0.15) is 0 Å². The highest BCUT2D eigenvalue weighted by Gasteiger charge is 2.64. The SMILES string of the molecule is CC[C@@]1(C)CCC2C(CCC3C(C)(C)CCCC23C(=O)OC2C(CO)OC(Oc3ccc4cc(C)c(C)cc4c3OC)C(O)C2O)C1. The van der Waals surface area contributed by atoms with Crippen LogP contribution in [0.15, 0.2) is 24.3 Å². The highest BCUT2D eigenvalue weighted by Crippen LogP contribution is 2.66. The second-order valence-corrected chi connectivity index (χ2v) is 16.2. The Labute approximate surface area is 280 Å². The van der Waals surface area contributed by atoms with Gasteiger partial charge in [-0.15, -0.1) is 0 Å². The molecule has 3 N–H and O–H groups in total. The fourth-order valence-electron chi connectivity index (χ4n) is 10.2. The van der Waals surface area contributed by atoms with Crippen LogP contribution in [0.4, 0.5) is 0 Å².